The molecule has 0 fully saturated rings. The van der Waals surface area contributed by atoms with Crippen LogP contribution in [0.3, 0.4) is 0 Å². The van der Waals surface area contributed by atoms with Gasteiger partial charge in [0.15, 0.2) is 11.0 Å². The number of carbonyl (C=O) groups is 1. The lowest BCUT2D eigenvalue weighted by Crippen LogP contribution is -2.27. The van der Waals surface area contributed by atoms with Crippen molar-refractivity contribution >= 4 is 17.7 Å². The molecule has 23 heavy (non-hydrogen) atoms. The molecule has 1 N–H and O–H groups in total. The Morgan fingerprint density at radius 2 is 2.04 bits per heavy atom. The van der Waals surface area contributed by atoms with Crippen LogP contribution in [0.15, 0.2) is 29.7 Å². The average Bonchev–Trinajstić information content (AvgIpc) is 2.96. The Bertz CT molecular complexity index is 627. The molecule has 124 valence electrons. The summed E-state index contributed by atoms with van der Waals surface area (Å²) in [5, 5.41) is 12.2. The Hall–Kier alpha value is -1.89. The molecule has 0 bridgehead atoms. The summed E-state index contributed by atoms with van der Waals surface area (Å²) in [6, 6.07) is 3.81. The molecule has 0 aliphatic heterocycles. The SMILES string of the molecule is CCn1c(SCC(=O)NCCC(C)C)nnc1-c1ccncc1. The van der Waals surface area contributed by atoms with E-state index in [1.165, 1.54) is 11.8 Å². The lowest BCUT2D eigenvalue weighted by molar-refractivity contribution is -0.118. The predicted octanol–water partition coefficient (Wildman–Crippen LogP) is 2.61. The Morgan fingerprint density at radius 3 is 2.70 bits per heavy atom. The maximum Gasteiger partial charge on any atom is 0.230 e. The van der Waals surface area contributed by atoms with Crippen molar-refractivity contribution in [3.05, 3.63) is 24.5 Å². The van der Waals surface area contributed by atoms with Gasteiger partial charge in [0, 0.05) is 31.0 Å². The van der Waals surface area contributed by atoms with Gasteiger partial charge in [-0.2, -0.15) is 0 Å². The lowest BCUT2D eigenvalue weighted by Gasteiger charge is -2.08. The molecule has 0 aliphatic carbocycles. The fourth-order valence-corrected chi connectivity index (χ4v) is 2.91. The molecule has 7 heteroatoms. The van der Waals surface area contributed by atoms with E-state index in [0.717, 1.165) is 36.1 Å². The van der Waals surface area contributed by atoms with E-state index >= 15 is 0 Å². The van der Waals surface area contributed by atoms with Crippen LogP contribution >= 0.6 is 11.8 Å². The van der Waals surface area contributed by atoms with Gasteiger partial charge in [-0.15, -0.1) is 10.2 Å². The lowest BCUT2D eigenvalue weighted by atomic mass is 10.1. The Balaban J connectivity index is 1.96. The van der Waals surface area contributed by atoms with Crippen molar-refractivity contribution in [3.8, 4) is 11.4 Å². The third-order valence-corrected chi connectivity index (χ3v) is 4.31. The number of amides is 1. The van der Waals surface area contributed by atoms with Crippen LogP contribution in [0, 0.1) is 5.92 Å². The topological polar surface area (TPSA) is 72.7 Å². The number of nitrogens with one attached hydrogen (secondary N) is 1. The van der Waals surface area contributed by atoms with Crippen molar-refractivity contribution in [2.45, 2.75) is 38.9 Å². The summed E-state index contributed by atoms with van der Waals surface area (Å²) in [6.07, 6.45) is 4.46. The third kappa shape index (κ3) is 5.06. The Labute approximate surface area is 141 Å². The zero-order valence-corrected chi connectivity index (χ0v) is 14.6. The van der Waals surface area contributed by atoms with Crippen LogP contribution < -0.4 is 5.32 Å². The highest BCUT2D eigenvalue weighted by atomic mass is 32.2. The van der Waals surface area contributed by atoms with Gasteiger partial charge in [-0.05, 0) is 31.4 Å². The second kappa shape index (κ2) is 8.67. The highest BCUT2D eigenvalue weighted by Crippen LogP contribution is 2.23. The second-order valence-electron chi connectivity index (χ2n) is 5.61. The van der Waals surface area contributed by atoms with Gasteiger partial charge in [-0.3, -0.25) is 9.78 Å². The molecular formula is C16H23N5OS. The standard InChI is InChI=1S/C16H23N5OS/c1-4-21-15(13-6-8-17-9-7-13)19-20-16(21)23-11-14(22)18-10-5-12(2)3/h6-9,12H,4-5,10-11H2,1-3H3,(H,18,22). The minimum absolute atomic E-state index is 0.0340. The van der Waals surface area contributed by atoms with E-state index in [1.54, 1.807) is 12.4 Å². The number of rotatable bonds is 8. The number of aromatic nitrogens is 4. The zero-order valence-electron chi connectivity index (χ0n) is 13.8. The molecule has 0 aromatic carbocycles. The fraction of sp³-hybridized carbons (Fsp3) is 0.500. The summed E-state index contributed by atoms with van der Waals surface area (Å²) in [4.78, 5) is 15.9. The van der Waals surface area contributed by atoms with Crippen LogP contribution in [0.25, 0.3) is 11.4 Å². The average molecular weight is 333 g/mol. The van der Waals surface area contributed by atoms with Gasteiger partial charge >= 0.3 is 0 Å². The van der Waals surface area contributed by atoms with Gasteiger partial charge in [-0.1, -0.05) is 25.6 Å². The molecule has 0 radical (unpaired) electrons. The van der Waals surface area contributed by atoms with Gasteiger partial charge in [0.25, 0.3) is 0 Å². The van der Waals surface area contributed by atoms with E-state index in [-0.39, 0.29) is 5.91 Å². The molecule has 0 spiro atoms. The molecule has 0 atom stereocenters. The van der Waals surface area contributed by atoms with E-state index in [4.69, 9.17) is 0 Å². The molecule has 1 amide bonds. The molecule has 6 nitrogen and oxygen atoms in total. The maximum absolute atomic E-state index is 11.9. The number of pyridine rings is 1. The quantitative estimate of drug-likeness (QED) is 0.752. The molecule has 0 saturated carbocycles. The molecule has 2 aromatic heterocycles. The van der Waals surface area contributed by atoms with Crippen LogP contribution in [-0.4, -0.2) is 38.0 Å². The number of thioether (sulfide) groups is 1. The number of carbonyl (C=O) groups excluding carboxylic acids is 1. The van der Waals surface area contributed by atoms with E-state index in [2.05, 4.69) is 34.3 Å². The van der Waals surface area contributed by atoms with Crippen LogP contribution in [0.5, 0.6) is 0 Å². The number of hydrogen-bond donors (Lipinski definition) is 1. The number of nitrogens with zero attached hydrogens (tertiary/aromatic N) is 4. The van der Waals surface area contributed by atoms with Crippen molar-refractivity contribution in [3.63, 3.8) is 0 Å². The summed E-state index contributed by atoms with van der Waals surface area (Å²) < 4.78 is 2.02. The molecule has 2 heterocycles. The van der Waals surface area contributed by atoms with Crippen molar-refractivity contribution in [1.29, 1.82) is 0 Å². The highest BCUT2D eigenvalue weighted by molar-refractivity contribution is 7.99. The number of hydrogen-bond acceptors (Lipinski definition) is 5. The first-order valence-corrected chi connectivity index (χ1v) is 8.83. The first-order chi connectivity index (χ1) is 11.1. The summed E-state index contributed by atoms with van der Waals surface area (Å²) in [5.74, 6) is 1.78. The van der Waals surface area contributed by atoms with Crippen molar-refractivity contribution in [2.75, 3.05) is 12.3 Å². The van der Waals surface area contributed by atoms with Crippen molar-refractivity contribution < 1.29 is 4.79 Å². The first-order valence-electron chi connectivity index (χ1n) is 7.85. The van der Waals surface area contributed by atoms with Gasteiger partial charge < -0.3 is 9.88 Å². The molecule has 0 aliphatic rings. The molecule has 0 unspecified atom stereocenters. The van der Waals surface area contributed by atoms with Crippen LogP contribution in [0.4, 0.5) is 0 Å². The van der Waals surface area contributed by atoms with Crippen LogP contribution in [-0.2, 0) is 11.3 Å². The zero-order chi connectivity index (χ0) is 16.7. The highest BCUT2D eigenvalue weighted by Gasteiger charge is 2.14. The van der Waals surface area contributed by atoms with Crippen molar-refractivity contribution in [1.82, 2.24) is 25.1 Å². The second-order valence-corrected chi connectivity index (χ2v) is 6.55. The summed E-state index contributed by atoms with van der Waals surface area (Å²) in [7, 11) is 0. The van der Waals surface area contributed by atoms with Gasteiger partial charge in [0.1, 0.15) is 0 Å². The Kier molecular flexibility index (Phi) is 6.58. The van der Waals surface area contributed by atoms with E-state index in [9.17, 15) is 4.79 Å². The summed E-state index contributed by atoms with van der Waals surface area (Å²) in [6.45, 7) is 7.80. The first kappa shape index (κ1) is 17.5. The molecule has 0 saturated heterocycles. The minimum Gasteiger partial charge on any atom is -0.355 e. The van der Waals surface area contributed by atoms with Crippen LogP contribution in [0.1, 0.15) is 27.2 Å². The molecular weight excluding hydrogens is 310 g/mol. The molecule has 2 rings (SSSR count). The normalized spacial score (nSPS) is 11.0. The van der Waals surface area contributed by atoms with Gasteiger partial charge in [0.2, 0.25) is 5.91 Å². The fourth-order valence-electron chi connectivity index (χ4n) is 2.08. The third-order valence-electron chi connectivity index (χ3n) is 3.35. The Morgan fingerprint density at radius 1 is 1.30 bits per heavy atom. The van der Waals surface area contributed by atoms with Crippen molar-refractivity contribution in [2.24, 2.45) is 5.92 Å². The van der Waals surface area contributed by atoms with E-state index in [0.29, 0.717) is 11.7 Å². The largest absolute Gasteiger partial charge is 0.355 e. The maximum atomic E-state index is 11.9. The van der Waals surface area contributed by atoms with Gasteiger partial charge in [-0.25, -0.2) is 0 Å². The predicted molar refractivity (Wildman–Crippen MR) is 92.1 cm³/mol. The summed E-state index contributed by atoms with van der Waals surface area (Å²) >= 11 is 1.42. The molecule has 2 aromatic rings. The van der Waals surface area contributed by atoms with E-state index < -0.39 is 0 Å². The van der Waals surface area contributed by atoms with E-state index in [1.807, 2.05) is 23.6 Å². The monoisotopic (exact) mass is 333 g/mol. The smallest absolute Gasteiger partial charge is 0.230 e. The minimum atomic E-state index is 0.0340. The summed E-state index contributed by atoms with van der Waals surface area (Å²) in [5.41, 5.74) is 0.975. The van der Waals surface area contributed by atoms with Crippen LogP contribution in [0.2, 0.25) is 0 Å². The van der Waals surface area contributed by atoms with Gasteiger partial charge in [0.05, 0.1) is 5.75 Å².